The zero-order valence-corrected chi connectivity index (χ0v) is 17.7. The highest BCUT2D eigenvalue weighted by atomic mass is 16.2. The smallest absolute Gasteiger partial charge is 0.229 e. The zero-order valence-electron chi connectivity index (χ0n) is 17.7. The second-order valence-electron chi connectivity index (χ2n) is 8.30. The first-order chi connectivity index (χ1) is 14.5. The molecule has 1 aliphatic rings. The molecule has 3 aromatic carbocycles. The van der Waals surface area contributed by atoms with E-state index in [9.17, 15) is 9.59 Å². The van der Waals surface area contributed by atoms with Gasteiger partial charge in [0.1, 0.15) is 0 Å². The average molecular weight is 401 g/mol. The van der Waals surface area contributed by atoms with Crippen molar-refractivity contribution in [2.75, 3.05) is 18.4 Å². The number of rotatable bonds is 4. The summed E-state index contributed by atoms with van der Waals surface area (Å²) in [5.74, 6) is -0.0732. The third-order valence-electron chi connectivity index (χ3n) is 6.01. The maximum absolute atomic E-state index is 13.0. The number of hydrogen-bond donors (Lipinski definition) is 1. The van der Waals surface area contributed by atoms with Crippen molar-refractivity contribution in [2.24, 2.45) is 5.92 Å². The van der Waals surface area contributed by atoms with Gasteiger partial charge in [-0.15, -0.1) is 0 Å². The summed E-state index contributed by atoms with van der Waals surface area (Å²) < 4.78 is 0. The van der Waals surface area contributed by atoms with Crippen LogP contribution in [0.15, 0.2) is 60.7 Å². The topological polar surface area (TPSA) is 49.4 Å². The van der Waals surface area contributed by atoms with Crippen molar-refractivity contribution in [2.45, 2.75) is 33.1 Å². The van der Waals surface area contributed by atoms with E-state index in [2.05, 4.69) is 29.6 Å². The van der Waals surface area contributed by atoms with E-state index in [4.69, 9.17) is 0 Å². The van der Waals surface area contributed by atoms with Crippen LogP contribution in [0.5, 0.6) is 0 Å². The van der Waals surface area contributed by atoms with Crippen LogP contribution in [0.4, 0.5) is 5.69 Å². The van der Waals surface area contributed by atoms with Gasteiger partial charge in [-0.2, -0.15) is 0 Å². The predicted octanol–water partition coefficient (Wildman–Crippen LogP) is 4.88. The molecule has 0 saturated carbocycles. The molecule has 1 saturated heterocycles. The Morgan fingerprint density at radius 3 is 2.67 bits per heavy atom. The lowest BCUT2D eigenvalue weighted by Gasteiger charge is -2.32. The van der Waals surface area contributed by atoms with Gasteiger partial charge in [0.2, 0.25) is 11.8 Å². The Morgan fingerprint density at radius 1 is 1.03 bits per heavy atom. The lowest BCUT2D eigenvalue weighted by molar-refractivity contribution is -0.133. The van der Waals surface area contributed by atoms with E-state index in [1.165, 1.54) is 5.56 Å². The van der Waals surface area contributed by atoms with Gasteiger partial charge in [-0.25, -0.2) is 0 Å². The van der Waals surface area contributed by atoms with Gasteiger partial charge in [0.15, 0.2) is 0 Å². The third-order valence-corrected chi connectivity index (χ3v) is 6.01. The molecule has 1 atom stereocenters. The van der Waals surface area contributed by atoms with E-state index in [-0.39, 0.29) is 17.7 Å². The number of nitrogens with zero attached hydrogens (tertiary/aromatic N) is 1. The number of nitrogens with one attached hydrogen (secondary N) is 1. The number of fused-ring (bicyclic) bond motifs is 1. The summed E-state index contributed by atoms with van der Waals surface area (Å²) in [5.41, 5.74) is 4.13. The minimum atomic E-state index is -0.170. The Bertz CT molecular complexity index is 1080. The fourth-order valence-corrected chi connectivity index (χ4v) is 4.33. The van der Waals surface area contributed by atoms with Gasteiger partial charge in [-0.1, -0.05) is 60.2 Å². The summed E-state index contributed by atoms with van der Waals surface area (Å²) >= 11 is 0. The molecule has 4 nitrogen and oxygen atoms in total. The van der Waals surface area contributed by atoms with E-state index < -0.39 is 0 Å². The highest BCUT2D eigenvalue weighted by Crippen LogP contribution is 2.23. The van der Waals surface area contributed by atoms with Crippen LogP contribution in [0, 0.1) is 19.8 Å². The molecule has 4 heteroatoms. The fourth-order valence-electron chi connectivity index (χ4n) is 4.33. The molecule has 3 aromatic rings. The minimum Gasteiger partial charge on any atom is -0.342 e. The quantitative estimate of drug-likeness (QED) is 0.679. The standard InChI is InChI=1S/C26H28N2O2/c1-18-12-13-24(19(2)15-18)27-26(30)22-10-6-14-28(17-22)25(29)16-21-9-5-8-20-7-3-4-11-23(20)21/h3-5,7-9,11-13,15,22H,6,10,14,16-17H2,1-2H3,(H,27,30)/t22-/m0/s1. The summed E-state index contributed by atoms with van der Waals surface area (Å²) in [7, 11) is 0. The van der Waals surface area contributed by atoms with Crippen molar-refractivity contribution in [3.63, 3.8) is 0 Å². The molecular formula is C26H28N2O2. The minimum absolute atomic E-state index is 0.00427. The van der Waals surface area contributed by atoms with Crippen molar-refractivity contribution >= 4 is 28.3 Å². The normalized spacial score (nSPS) is 16.5. The maximum Gasteiger partial charge on any atom is 0.229 e. The average Bonchev–Trinajstić information content (AvgIpc) is 2.76. The van der Waals surface area contributed by atoms with Crippen molar-refractivity contribution in [3.05, 3.63) is 77.4 Å². The number of likely N-dealkylation sites (tertiary alicyclic amines) is 1. The lowest BCUT2D eigenvalue weighted by Crippen LogP contribution is -2.44. The Labute approximate surface area is 177 Å². The van der Waals surface area contributed by atoms with Crippen LogP contribution in [0.1, 0.15) is 29.5 Å². The molecule has 154 valence electrons. The Hall–Kier alpha value is -3.14. The molecular weight excluding hydrogens is 372 g/mol. The number of carbonyl (C=O) groups excluding carboxylic acids is 2. The second-order valence-corrected chi connectivity index (χ2v) is 8.30. The first-order valence-electron chi connectivity index (χ1n) is 10.6. The van der Waals surface area contributed by atoms with Gasteiger partial charge in [0.05, 0.1) is 12.3 Å². The third kappa shape index (κ3) is 4.38. The maximum atomic E-state index is 13.0. The van der Waals surface area contributed by atoms with E-state index >= 15 is 0 Å². The summed E-state index contributed by atoms with van der Waals surface area (Å²) in [4.78, 5) is 27.7. The van der Waals surface area contributed by atoms with E-state index in [0.29, 0.717) is 13.0 Å². The molecule has 1 aliphatic heterocycles. The largest absolute Gasteiger partial charge is 0.342 e. The number of hydrogen-bond acceptors (Lipinski definition) is 2. The van der Waals surface area contributed by atoms with Crippen molar-refractivity contribution < 1.29 is 9.59 Å². The van der Waals surface area contributed by atoms with Crippen LogP contribution in [0.25, 0.3) is 10.8 Å². The highest BCUT2D eigenvalue weighted by Gasteiger charge is 2.28. The number of carbonyl (C=O) groups is 2. The summed E-state index contributed by atoms with van der Waals surface area (Å²) in [5, 5.41) is 5.33. The van der Waals surface area contributed by atoms with Crippen molar-refractivity contribution in [3.8, 4) is 0 Å². The predicted molar refractivity (Wildman–Crippen MR) is 122 cm³/mol. The van der Waals surface area contributed by atoms with Crippen molar-refractivity contribution in [1.82, 2.24) is 4.90 Å². The SMILES string of the molecule is Cc1ccc(NC(=O)[C@H]2CCCN(C(=O)Cc3cccc4ccccc34)C2)c(C)c1. The van der Waals surface area contributed by atoms with E-state index in [1.54, 1.807) is 0 Å². The first-order valence-corrected chi connectivity index (χ1v) is 10.6. The molecule has 1 N–H and O–H groups in total. The van der Waals surface area contributed by atoms with Crippen LogP contribution < -0.4 is 5.32 Å². The molecule has 0 spiro atoms. The first kappa shape index (κ1) is 20.1. The molecule has 30 heavy (non-hydrogen) atoms. The number of benzene rings is 3. The second kappa shape index (κ2) is 8.70. The van der Waals surface area contributed by atoms with Crippen LogP contribution in [-0.2, 0) is 16.0 Å². The molecule has 4 rings (SSSR count). The summed E-state index contributed by atoms with van der Waals surface area (Å²) in [6.07, 6.45) is 2.04. The number of aryl methyl sites for hydroxylation is 2. The molecule has 2 amide bonds. The highest BCUT2D eigenvalue weighted by molar-refractivity contribution is 5.94. The summed E-state index contributed by atoms with van der Waals surface area (Å²) in [6, 6.07) is 20.3. The molecule has 0 bridgehead atoms. The van der Waals surface area contributed by atoms with E-state index in [1.807, 2.05) is 55.1 Å². The van der Waals surface area contributed by atoms with Gasteiger partial charge < -0.3 is 10.2 Å². The Balaban J connectivity index is 1.43. The zero-order chi connectivity index (χ0) is 21.1. The van der Waals surface area contributed by atoms with Crippen molar-refractivity contribution in [1.29, 1.82) is 0 Å². The number of amides is 2. The molecule has 0 radical (unpaired) electrons. The van der Waals surface area contributed by atoms with Gasteiger partial charge in [-0.05, 0) is 54.7 Å². The Morgan fingerprint density at radius 2 is 1.83 bits per heavy atom. The van der Waals surface area contributed by atoms with Crippen LogP contribution >= 0.6 is 0 Å². The van der Waals surface area contributed by atoms with Crippen LogP contribution in [-0.4, -0.2) is 29.8 Å². The van der Waals surface area contributed by atoms with Gasteiger partial charge >= 0.3 is 0 Å². The van der Waals surface area contributed by atoms with Gasteiger partial charge in [-0.3, -0.25) is 9.59 Å². The van der Waals surface area contributed by atoms with Gasteiger partial charge in [0, 0.05) is 18.8 Å². The molecule has 0 aromatic heterocycles. The number of piperidine rings is 1. The molecule has 1 fully saturated rings. The fraction of sp³-hybridized carbons (Fsp3) is 0.308. The monoisotopic (exact) mass is 400 g/mol. The number of anilines is 1. The van der Waals surface area contributed by atoms with Gasteiger partial charge in [0.25, 0.3) is 0 Å². The molecule has 0 unspecified atom stereocenters. The lowest BCUT2D eigenvalue weighted by atomic mass is 9.95. The molecule has 1 heterocycles. The Kier molecular flexibility index (Phi) is 5.84. The van der Waals surface area contributed by atoms with E-state index in [0.717, 1.165) is 47.0 Å². The summed E-state index contributed by atoms with van der Waals surface area (Å²) in [6.45, 7) is 5.25. The van der Waals surface area contributed by atoms with Crippen LogP contribution in [0.3, 0.4) is 0 Å². The molecule has 0 aliphatic carbocycles. The van der Waals surface area contributed by atoms with Crippen LogP contribution in [0.2, 0.25) is 0 Å².